The summed E-state index contributed by atoms with van der Waals surface area (Å²) in [6.07, 6.45) is 0. The lowest BCUT2D eigenvalue weighted by Crippen LogP contribution is -2.30. The van der Waals surface area contributed by atoms with Crippen molar-refractivity contribution in [2.75, 3.05) is 0 Å². The summed E-state index contributed by atoms with van der Waals surface area (Å²) < 4.78 is 14.8. The Morgan fingerprint density at radius 3 is 2.13 bits per heavy atom. The van der Waals surface area contributed by atoms with Crippen LogP contribution < -0.4 is 0 Å². The summed E-state index contributed by atoms with van der Waals surface area (Å²) >= 11 is 6.40. The maximum Gasteiger partial charge on any atom is 0.257 e. The summed E-state index contributed by atoms with van der Waals surface area (Å²) in [5, 5.41) is 3.95. The minimum absolute atomic E-state index is 0.0984. The van der Waals surface area contributed by atoms with E-state index < -0.39 is 5.82 Å². The van der Waals surface area contributed by atoms with Crippen LogP contribution in [0.5, 0.6) is 0 Å². The average Bonchev–Trinajstić information content (AvgIpc) is 3.19. The number of carbonyl (C=O) groups excluding carboxylic acids is 1. The molecule has 0 bridgehead atoms. The van der Waals surface area contributed by atoms with Crippen molar-refractivity contribution in [1.82, 2.24) is 4.90 Å². The van der Waals surface area contributed by atoms with E-state index in [4.69, 9.17) is 0 Å². The molecular weight excluding hydrogens is 397 g/mol. The molecule has 0 aliphatic carbocycles. The van der Waals surface area contributed by atoms with Crippen molar-refractivity contribution < 1.29 is 9.18 Å². The Morgan fingerprint density at radius 1 is 1.04 bits per heavy atom. The third-order valence-electron chi connectivity index (χ3n) is 3.30. The first-order valence-electron chi connectivity index (χ1n) is 6.92. The molecule has 3 rings (SSSR count). The number of amides is 1. The van der Waals surface area contributed by atoms with Gasteiger partial charge in [-0.2, -0.15) is 0 Å². The summed E-state index contributed by atoms with van der Waals surface area (Å²) in [6, 6.07) is 12.4. The van der Waals surface area contributed by atoms with Crippen molar-refractivity contribution >= 4 is 44.5 Å². The van der Waals surface area contributed by atoms with Crippen molar-refractivity contribution in [3.05, 3.63) is 78.8 Å². The fraction of sp³-hybridized carbons (Fsp3) is 0.118. The predicted molar refractivity (Wildman–Crippen MR) is 96.3 cm³/mol. The van der Waals surface area contributed by atoms with Gasteiger partial charge < -0.3 is 4.90 Å². The van der Waals surface area contributed by atoms with E-state index in [0.29, 0.717) is 17.6 Å². The first-order valence-corrected chi connectivity index (χ1v) is 9.48. The summed E-state index contributed by atoms with van der Waals surface area (Å²) in [6.45, 7) is 0.952. The molecule has 3 aromatic rings. The smallest absolute Gasteiger partial charge is 0.257 e. The maximum absolute atomic E-state index is 14.1. The van der Waals surface area contributed by atoms with Crippen molar-refractivity contribution in [3.63, 3.8) is 0 Å². The molecule has 2 nitrogen and oxygen atoms in total. The number of hydrogen-bond donors (Lipinski definition) is 0. The lowest BCUT2D eigenvalue weighted by atomic mass is 10.1. The van der Waals surface area contributed by atoms with Gasteiger partial charge in [0.05, 0.1) is 18.7 Å². The number of halogens is 2. The zero-order chi connectivity index (χ0) is 16.2. The van der Waals surface area contributed by atoms with Crippen molar-refractivity contribution in [2.45, 2.75) is 13.1 Å². The third kappa shape index (κ3) is 4.07. The number of nitrogens with zero attached hydrogens (tertiary/aromatic N) is 1. The Hall–Kier alpha value is -1.50. The molecule has 118 valence electrons. The molecule has 0 radical (unpaired) electrons. The highest BCUT2D eigenvalue weighted by atomic mass is 79.9. The van der Waals surface area contributed by atoms with Gasteiger partial charge in [-0.3, -0.25) is 4.79 Å². The Balaban J connectivity index is 1.88. The fourth-order valence-corrected chi connectivity index (χ4v) is 3.99. The van der Waals surface area contributed by atoms with Crippen LogP contribution in [-0.2, 0) is 13.1 Å². The maximum atomic E-state index is 14.1. The average molecular weight is 410 g/mol. The zero-order valence-electron chi connectivity index (χ0n) is 12.0. The number of carbonyl (C=O) groups is 1. The molecule has 0 saturated heterocycles. The first kappa shape index (κ1) is 16.4. The van der Waals surface area contributed by atoms with Crippen LogP contribution >= 0.6 is 38.6 Å². The van der Waals surface area contributed by atoms with Crippen LogP contribution in [0.2, 0.25) is 0 Å². The van der Waals surface area contributed by atoms with Crippen molar-refractivity contribution in [3.8, 4) is 0 Å². The predicted octanol–water partition coefficient (Wildman–Crippen LogP) is 5.55. The number of rotatable bonds is 5. The fourth-order valence-electron chi connectivity index (χ4n) is 2.21. The highest BCUT2D eigenvalue weighted by Gasteiger charge is 2.20. The van der Waals surface area contributed by atoms with Gasteiger partial charge in [0.2, 0.25) is 0 Å². The van der Waals surface area contributed by atoms with Crippen molar-refractivity contribution in [2.24, 2.45) is 0 Å². The second-order valence-electron chi connectivity index (χ2n) is 4.94. The quantitative estimate of drug-likeness (QED) is 0.540. The summed E-state index contributed by atoms with van der Waals surface area (Å²) in [5.41, 5.74) is 0.0984. The molecule has 23 heavy (non-hydrogen) atoms. The van der Waals surface area contributed by atoms with Crippen LogP contribution in [0.4, 0.5) is 4.39 Å². The van der Waals surface area contributed by atoms with Crippen LogP contribution in [-0.4, -0.2) is 10.8 Å². The molecule has 1 aromatic carbocycles. The highest BCUT2D eigenvalue weighted by molar-refractivity contribution is 9.10. The topological polar surface area (TPSA) is 20.3 Å². The summed E-state index contributed by atoms with van der Waals surface area (Å²) in [4.78, 5) is 16.6. The monoisotopic (exact) mass is 409 g/mol. The standard InChI is InChI=1S/C17H13BrFNOS2/c18-12-5-6-15(16(19)9-12)17(21)20(10-13-3-1-7-22-13)11-14-4-2-8-23-14/h1-9H,10-11H2. The second-order valence-corrected chi connectivity index (χ2v) is 7.92. The molecule has 2 heterocycles. The Bertz CT molecular complexity index is 751. The molecular formula is C17H13BrFNOS2. The van der Waals surface area contributed by atoms with E-state index in [2.05, 4.69) is 15.9 Å². The van der Waals surface area contributed by atoms with Crippen LogP contribution in [0.15, 0.2) is 57.7 Å². The minimum atomic E-state index is -0.508. The summed E-state index contributed by atoms with van der Waals surface area (Å²) in [7, 11) is 0. The molecule has 0 fully saturated rings. The van der Waals surface area contributed by atoms with E-state index in [0.717, 1.165) is 9.75 Å². The van der Waals surface area contributed by atoms with Gasteiger partial charge in [0.1, 0.15) is 5.82 Å². The van der Waals surface area contributed by atoms with E-state index in [-0.39, 0.29) is 11.5 Å². The lowest BCUT2D eigenvalue weighted by molar-refractivity contribution is 0.0728. The van der Waals surface area contributed by atoms with Gasteiger partial charge in [-0.1, -0.05) is 28.1 Å². The van der Waals surface area contributed by atoms with Crippen LogP contribution in [0.1, 0.15) is 20.1 Å². The van der Waals surface area contributed by atoms with Gasteiger partial charge in [0.25, 0.3) is 5.91 Å². The summed E-state index contributed by atoms with van der Waals surface area (Å²) in [5.74, 6) is -0.802. The van der Waals surface area contributed by atoms with E-state index in [9.17, 15) is 9.18 Å². The molecule has 0 aliphatic rings. The first-order chi connectivity index (χ1) is 11.1. The molecule has 0 atom stereocenters. The molecule has 2 aromatic heterocycles. The van der Waals surface area contributed by atoms with E-state index in [1.54, 1.807) is 33.6 Å². The van der Waals surface area contributed by atoms with E-state index in [1.165, 1.54) is 12.1 Å². The van der Waals surface area contributed by atoms with Gasteiger partial charge >= 0.3 is 0 Å². The number of hydrogen-bond acceptors (Lipinski definition) is 3. The highest BCUT2D eigenvalue weighted by Crippen LogP contribution is 2.22. The van der Waals surface area contributed by atoms with Gasteiger partial charge in [0, 0.05) is 14.2 Å². The number of benzene rings is 1. The van der Waals surface area contributed by atoms with Gasteiger partial charge in [-0.05, 0) is 41.1 Å². The largest absolute Gasteiger partial charge is 0.328 e. The molecule has 0 saturated carbocycles. The number of thiophene rings is 2. The van der Waals surface area contributed by atoms with Crippen LogP contribution in [0.25, 0.3) is 0 Å². The zero-order valence-corrected chi connectivity index (χ0v) is 15.3. The minimum Gasteiger partial charge on any atom is -0.328 e. The van der Waals surface area contributed by atoms with Crippen LogP contribution in [0.3, 0.4) is 0 Å². The SMILES string of the molecule is O=C(c1ccc(Br)cc1F)N(Cc1cccs1)Cc1cccs1. The lowest BCUT2D eigenvalue weighted by Gasteiger charge is -2.22. The van der Waals surface area contributed by atoms with Gasteiger partial charge in [-0.15, -0.1) is 22.7 Å². The second kappa shape index (κ2) is 7.38. The van der Waals surface area contributed by atoms with Crippen molar-refractivity contribution in [1.29, 1.82) is 0 Å². The Morgan fingerprint density at radius 2 is 1.65 bits per heavy atom. The van der Waals surface area contributed by atoms with E-state index in [1.807, 2.05) is 35.0 Å². The molecule has 0 unspecified atom stereocenters. The Kier molecular flexibility index (Phi) is 5.25. The van der Waals surface area contributed by atoms with Gasteiger partial charge in [-0.25, -0.2) is 4.39 Å². The molecule has 6 heteroatoms. The van der Waals surface area contributed by atoms with Crippen LogP contribution in [0, 0.1) is 5.82 Å². The molecule has 0 spiro atoms. The van der Waals surface area contributed by atoms with Gasteiger partial charge in [0.15, 0.2) is 0 Å². The third-order valence-corrected chi connectivity index (χ3v) is 5.52. The molecule has 0 N–H and O–H groups in total. The van der Waals surface area contributed by atoms with E-state index >= 15 is 0 Å². The normalized spacial score (nSPS) is 10.7. The molecule has 1 amide bonds. The molecule has 0 aliphatic heterocycles. The Labute approximate surface area is 150 Å².